The molecule has 0 aromatic rings. The molecule has 1 saturated carbocycles. The van der Waals surface area contributed by atoms with Crippen molar-refractivity contribution in [1.29, 1.82) is 0 Å². The first-order valence-corrected chi connectivity index (χ1v) is 5.06. The van der Waals surface area contributed by atoms with Gasteiger partial charge >= 0.3 is 5.97 Å². The summed E-state index contributed by atoms with van der Waals surface area (Å²) in [6.45, 7) is 4.40. The lowest BCUT2D eigenvalue weighted by Gasteiger charge is -2.14. The smallest absolute Gasteiger partial charge is 0.307 e. The molecule has 2 N–H and O–H groups in total. The fraction of sp³-hybridized carbons (Fsp3) is 0.800. The van der Waals surface area contributed by atoms with Crippen molar-refractivity contribution >= 4 is 11.9 Å². The minimum atomic E-state index is -0.842. The number of carbonyl (C=O) groups excluding carboxylic acids is 1. The van der Waals surface area contributed by atoms with Gasteiger partial charge in [-0.05, 0) is 25.7 Å². The van der Waals surface area contributed by atoms with Crippen LogP contribution in [0.1, 0.15) is 26.7 Å². The zero-order chi connectivity index (χ0) is 10.7. The van der Waals surface area contributed by atoms with Crippen LogP contribution < -0.4 is 5.32 Å². The van der Waals surface area contributed by atoms with E-state index >= 15 is 0 Å². The van der Waals surface area contributed by atoms with Gasteiger partial charge < -0.3 is 10.4 Å². The molecule has 1 aliphatic rings. The molecule has 1 fully saturated rings. The van der Waals surface area contributed by atoms with Crippen molar-refractivity contribution in [2.75, 3.05) is 6.54 Å². The van der Waals surface area contributed by atoms with Crippen molar-refractivity contribution in [3.8, 4) is 0 Å². The maximum atomic E-state index is 11.5. The van der Waals surface area contributed by atoms with Crippen molar-refractivity contribution in [3.63, 3.8) is 0 Å². The van der Waals surface area contributed by atoms with Crippen LogP contribution in [-0.4, -0.2) is 23.5 Å². The number of hydrogen-bond donors (Lipinski definition) is 2. The number of aliphatic carboxylic acids is 1. The topological polar surface area (TPSA) is 66.4 Å². The van der Waals surface area contributed by atoms with Gasteiger partial charge in [0, 0.05) is 6.54 Å². The van der Waals surface area contributed by atoms with Gasteiger partial charge in [-0.3, -0.25) is 9.59 Å². The highest BCUT2D eigenvalue weighted by Gasteiger charge is 2.40. The Morgan fingerprint density at radius 2 is 1.93 bits per heavy atom. The Bertz CT molecular complexity index is 240. The van der Waals surface area contributed by atoms with E-state index < -0.39 is 11.9 Å². The highest BCUT2D eigenvalue weighted by atomic mass is 16.4. The van der Waals surface area contributed by atoms with Gasteiger partial charge in [-0.25, -0.2) is 0 Å². The Hall–Kier alpha value is -1.06. The zero-order valence-electron chi connectivity index (χ0n) is 8.62. The van der Waals surface area contributed by atoms with E-state index in [9.17, 15) is 9.59 Å². The van der Waals surface area contributed by atoms with Crippen LogP contribution in [0.3, 0.4) is 0 Å². The van der Waals surface area contributed by atoms with Crippen molar-refractivity contribution in [3.05, 3.63) is 0 Å². The summed E-state index contributed by atoms with van der Waals surface area (Å²) in [5.74, 6) is -1.43. The highest BCUT2D eigenvalue weighted by molar-refractivity contribution is 5.85. The number of amides is 1. The molecule has 4 heteroatoms. The molecule has 0 aromatic carbocycles. The summed E-state index contributed by atoms with van der Waals surface area (Å²) in [4.78, 5) is 22.4. The quantitative estimate of drug-likeness (QED) is 0.708. The van der Waals surface area contributed by atoms with Gasteiger partial charge in [0.15, 0.2) is 0 Å². The average molecular weight is 199 g/mol. The average Bonchev–Trinajstić information content (AvgIpc) is 2.48. The van der Waals surface area contributed by atoms with Gasteiger partial charge in [0.1, 0.15) is 0 Å². The molecule has 1 amide bonds. The normalized spacial score (nSPS) is 31.4. The summed E-state index contributed by atoms with van der Waals surface area (Å²) in [5, 5.41) is 11.6. The van der Waals surface area contributed by atoms with Crippen molar-refractivity contribution in [2.45, 2.75) is 26.7 Å². The molecule has 80 valence electrons. The molecular formula is C10H17NO3. The summed E-state index contributed by atoms with van der Waals surface area (Å²) in [7, 11) is 0. The molecule has 3 unspecified atom stereocenters. The Labute approximate surface area is 83.7 Å². The van der Waals surface area contributed by atoms with E-state index in [2.05, 4.69) is 5.32 Å². The van der Waals surface area contributed by atoms with E-state index in [1.54, 1.807) is 0 Å². The monoisotopic (exact) mass is 199 g/mol. The predicted octanol–water partition coefficient (Wildman–Crippen LogP) is 0.869. The summed E-state index contributed by atoms with van der Waals surface area (Å²) in [5.41, 5.74) is 0. The standard InChI is InChI=1S/C10H17NO3/c1-3-11-9(12)7-4-6(2)5-8(7)10(13)14/h6-8H,3-5H2,1-2H3,(H,11,12)(H,13,14). The second-order valence-electron chi connectivity index (χ2n) is 4.02. The Kier molecular flexibility index (Phi) is 3.49. The molecule has 1 aliphatic carbocycles. The number of nitrogens with one attached hydrogen (secondary N) is 1. The lowest BCUT2D eigenvalue weighted by Crippen LogP contribution is -2.35. The second-order valence-corrected chi connectivity index (χ2v) is 4.02. The lowest BCUT2D eigenvalue weighted by molar-refractivity contribution is -0.146. The number of hydrogen-bond acceptors (Lipinski definition) is 2. The maximum Gasteiger partial charge on any atom is 0.307 e. The zero-order valence-corrected chi connectivity index (χ0v) is 8.62. The van der Waals surface area contributed by atoms with E-state index in [1.165, 1.54) is 0 Å². The fourth-order valence-corrected chi connectivity index (χ4v) is 2.16. The predicted molar refractivity (Wildman–Crippen MR) is 51.7 cm³/mol. The summed E-state index contributed by atoms with van der Waals surface area (Å²) >= 11 is 0. The molecule has 3 atom stereocenters. The highest BCUT2D eigenvalue weighted by Crippen LogP contribution is 2.36. The van der Waals surface area contributed by atoms with Gasteiger partial charge in [-0.1, -0.05) is 6.92 Å². The summed E-state index contributed by atoms with van der Waals surface area (Å²) < 4.78 is 0. The van der Waals surface area contributed by atoms with Crippen LogP contribution in [0.25, 0.3) is 0 Å². The molecule has 14 heavy (non-hydrogen) atoms. The minimum absolute atomic E-state index is 0.107. The Balaban J connectivity index is 2.66. The molecule has 0 aliphatic heterocycles. The molecule has 0 radical (unpaired) electrons. The Morgan fingerprint density at radius 1 is 1.36 bits per heavy atom. The molecule has 4 nitrogen and oxygen atoms in total. The third-order valence-corrected chi connectivity index (χ3v) is 2.80. The minimum Gasteiger partial charge on any atom is -0.481 e. The molecule has 0 aromatic heterocycles. The van der Waals surface area contributed by atoms with Gasteiger partial charge in [0.2, 0.25) is 5.91 Å². The van der Waals surface area contributed by atoms with Crippen molar-refractivity contribution in [2.24, 2.45) is 17.8 Å². The van der Waals surface area contributed by atoms with E-state index in [0.29, 0.717) is 25.3 Å². The van der Waals surface area contributed by atoms with Gasteiger partial charge in [0.05, 0.1) is 11.8 Å². The first-order chi connectivity index (χ1) is 6.56. The molecule has 0 saturated heterocycles. The van der Waals surface area contributed by atoms with Crippen LogP contribution in [-0.2, 0) is 9.59 Å². The third kappa shape index (κ3) is 2.25. The largest absolute Gasteiger partial charge is 0.481 e. The molecular weight excluding hydrogens is 182 g/mol. The third-order valence-electron chi connectivity index (χ3n) is 2.80. The van der Waals surface area contributed by atoms with Crippen LogP contribution in [0.15, 0.2) is 0 Å². The van der Waals surface area contributed by atoms with Crippen LogP contribution in [0.5, 0.6) is 0 Å². The second kappa shape index (κ2) is 4.44. The van der Waals surface area contributed by atoms with E-state index in [-0.39, 0.29) is 11.8 Å². The molecule has 0 bridgehead atoms. The van der Waals surface area contributed by atoms with Gasteiger partial charge in [0.25, 0.3) is 0 Å². The number of carboxylic acid groups (broad SMARTS) is 1. The summed E-state index contributed by atoms with van der Waals surface area (Å²) in [6, 6.07) is 0. The summed E-state index contributed by atoms with van der Waals surface area (Å²) in [6.07, 6.45) is 1.32. The molecule has 0 heterocycles. The van der Waals surface area contributed by atoms with Crippen LogP contribution >= 0.6 is 0 Å². The van der Waals surface area contributed by atoms with Gasteiger partial charge in [-0.2, -0.15) is 0 Å². The number of carbonyl (C=O) groups is 2. The van der Waals surface area contributed by atoms with Crippen LogP contribution in [0.4, 0.5) is 0 Å². The first kappa shape index (κ1) is 11.0. The number of carboxylic acids is 1. The number of rotatable bonds is 3. The first-order valence-electron chi connectivity index (χ1n) is 5.06. The van der Waals surface area contributed by atoms with E-state index in [0.717, 1.165) is 0 Å². The maximum absolute atomic E-state index is 11.5. The van der Waals surface area contributed by atoms with Gasteiger partial charge in [-0.15, -0.1) is 0 Å². The SMILES string of the molecule is CCNC(=O)C1CC(C)CC1C(=O)O. The van der Waals surface area contributed by atoms with E-state index in [4.69, 9.17) is 5.11 Å². The van der Waals surface area contributed by atoms with Crippen LogP contribution in [0.2, 0.25) is 0 Å². The van der Waals surface area contributed by atoms with Crippen molar-refractivity contribution < 1.29 is 14.7 Å². The van der Waals surface area contributed by atoms with E-state index in [1.807, 2.05) is 13.8 Å². The van der Waals surface area contributed by atoms with Crippen LogP contribution in [0, 0.1) is 17.8 Å². The lowest BCUT2D eigenvalue weighted by atomic mass is 9.95. The fourth-order valence-electron chi connectivity index (χ4n) is 2.16. The Morgan fingerprint density at radius 3 is 2.43 bits per heavy atom. The molecule has 1 rings (SSSR count). The van der Waals surface area contributed by atoms with Crippen molar-refractivity contribution in [1.82, 2.24) is 5.32 Å². The molecule has 0 spiro atoms.